The summed E-state index contributed by atoms with van der Waals surface area (Å²) in [6.07, 6.45) is 1.52. The summed E-state index contributed by atoms with van der Waals surface area (Å²) in [5.74, 6) is -2.20. The van der Waals surface area contributed by atoms with Gasteiger partial charge in [-0.2, -0.15) is 5.26 Å². The lowest BCUT2D eigenvalue weighted by Gasteiger charge is -2.07. The first-order valence-corrected chi connectivity index (χ1v) is 7.07. The van der Waals surface area contributed by atoms with E-state index >= 15 is 0 Å². The van der Waals surface area contributed by atoms with E-state index in [4.69, 9.17) is 5.26 Å². The maximum Gasteiger partial charge on any atom is 0.250 e. The van der Waals surface area contributed by atoms with Gasteiger partial charge < -0.3 is 5.32 Å². The van der Waals surface area contributed by atoms with Crippen molar-refractivity contribution in [2.75, 3.05) is 5.32 Å². The van der Waals surface area contributed by atoms with Crippen LogP contribution in [0, 0.1) is 31.1 Å². The van der Waals surface area contributed by atoms with Gasteiger partial charge >= 0.3 is 0 Å². The molecular formula is C15H13N3O2S. The molecule has 6 heteroatoms. The fourth-order valence-corrected chi connectivity index (χ4v) is 2.71. The van der Waals surface area contributed by atoms with Gasteiger partial charge in [-0.25, -0.2) is 4.98 Å². The molecule has 1 amide bonds. The summed E-state index contributed by atoms with van der Waals surface area (Å²) >= 11 is 1.29. The van der Waals surface area contributed by atoms with Crippen molar-refractivity contribution in [1.29, 1.82) is 5.26 Å². The molecule has 5 nitrogen and oxygen atoms in total. The van der Waals surface area contributed by atoms with Gasteiger partial charge in [-0.15, -0.1) is 11.3 Å². The number of Topliss-reactive ketones (excluding diaryl/α,β-unsaturated/α-hetero) is 1. The molecule has 0 saturated heterocycles. The molecule has 106 valence electrons. The molecule has 1 N–H and O–H groups in total. The standard InChI is InChI=1S/C15H13N3O2S/c1-9-7-12(21-10(9)2)14(19)11(8-16)15(20)18-13-5-3-4-6-17-13/h3-7,11H,1-2H3,(H,17,18,20). The molecule has 0 fully saturated rings. The molecule has 21 heavy (non-hydrogen) atoms. The molecular weight excluding hydrogens is 286 g/mol. The Balaban J connectivity index is 2.17. The number of anilines is 1. The van der Waals surface area contributed by atoms with E-state index < -0.39 is 17.6 Å². The summed E-state index contributed by atoms with van der Waals surface area (Å²) in [6, 6.07) is 8.48. The van der Waals surface area contributed by atoms with Crippen LogP contribution in [-0.4, -0.2) is 16.7 Å². The quantitative estimate of drug-likeness (QED) is 0.695. The summed E-state index contributed by atoms with van der Waals surface area (Å²) in [5.41, 5.74) is 0.977. The second kappa shape index (κ2) is 6.29. The average Bonchev–Trinajstić information content (AvgIpc) is 2.80. The molecule has 1 atom stereocenters. The first-order chi connectivity index (χ1) is 10.0. The third-order valence-electron chi connectivity index (χ3n) is 2.98. The number of aryl methyl sites for hydroxylation is 2. The van der Waals surface area contributed by atoms with Gasteiger partial charge in [-0.1, -0.05) is 6.07 Å². The van der Waals surface area contributed by atoms with E-state index in [2.05, 4.69) is 10.3 Å². The molecule has 0 aliphatic rings. The van der Waals surface area contributed by atoms with Gasteiger partial charge in [0.05, 0.1) is 10.9 Å². The van der Waals surface area contributed by atoms with E-state index in [1.54, 1.807) is 30.3 Å². The number of ketones is 1. The van der Waals surface area contributed by atoms with E-state index in [0.29, 0.717) is 10.7 Å². The number of pyridine rings is 1. The van der Waals surface area contributed by atoms with Gasteiger partial charge in [-0.05, 0) is 37.6 Å². The zero-order valence-electron chi connectivity index (χ0n) is 11.6. The highest BCUT2D eigenvalue weighted by Gasteiger charge is 2.29. The SMILES string of the molecule is Cc1cc(C(=O)C(C#N)C(=O)Nc2ccccn2)sc1C. The van der Waals surface area contributed by atoms with Crippen molar-refractivity contribution in [3.05, 3.63) is 45.8 Å². The molecule has 0 aliphatic carbocycles. The Morgan fingerprint density at radius 1 is 1.38 bits per heavy atom. The summed E-state index contributed by atoms with van der Waals surface area (Å²) in [6.45, 7) is 3.78. The van der Waals surface area contributed by atoms with Crippen LogP contribution in [0.15, 0.2) is 30.5 Å². The van der Waals surface area contributed by atoms with Crippen LogP contribution >= 0.6 is 11.3 Å². The fourth-order valence-electron chi connectivity index (χ4n) is 1.71. The minimum Gasteiger partial charge on any atom is -0.309 e. The Labute approximate surface area is 126 Å². The number of amides is 1. The summed E-state index contributed by atoms with van der Waals surface area (Å²) in [7, 11) is 0. The molecule has 2 aromatic rings. The van der Waals surface area contributed by atoms with Gasteiger partial charge in [-0.3, -0.25) is 9.59 Å². The van der Waals surface area contributed by atoms with Crippen LogP contribution in [-0.2, 0) is 4.79 Å². The zero-order valence-corrected chi connectivity index (χ0v) is 12.4. The number of rotatable bonds is 4. The van der Waals surface area contributed by atoms with Gasteiger partial charge in [0.1, 0.15) is 5.82 Å². The van der Waals surface area contributed by atoms with E-state index in [1.807, 2.05) is 13.8 Å². The van der Waals surface area contributed by atoms with Crippen LogP contribution in [0.4, 0.5) is 5.82 Å². The second-order valence-corrected chi connectivity index (χ2v) is 5.74. The van der Waals surface area contributed by atoms with Gasteiger partial charge in [0.2, 0.25) is 0 Å². The lowest BCUT2D eigenvalue weighted by Crippen LogP contribution is -2.28. The third-order valence-corrected chi connectivity index (χ3v) is 4.15. The molecule has 0 aromatic carbocycles. The minimum atomic E-state index is -1.37. The number of hydrogen-bond donors (Lipinski definition) is 1. The average molecular weight is 299 g/mol. The van der Waals surface area contributed by atoms with Crippen molar-refractivity contribution in [1.82, 2.24) is 4.98 Å². The molecule has 1 unspecified atom stereocenters. The maximum atomic E-state index is 12.3. The summed E-state index contributed by atoms with van der Waals surface area (Å²) < 4.78 is 0. The highest BCUT2D eigenvalue weighted by molar-refractivity contribution is 7.14. The van der Waals surface area contributed by atoms with Crippen molar-refractivity contribution < 1.29 is 9.59 Å². The molecule has 0 spiro atoms. The lowest BCUT2D eigenvalue weighted by molar-refractivity contribution is -0.117. The van der Waals surface area contributed by atoms with Crippen LogP contribution in [0.1, 0.15) is 20.1 Å². The van der Waals surface area contributed by atoms with E-state index in [0.717, 1.165) is 10.4 Å². The van der Waals surface area contributed by atoms with Crippen molar-refractivity contribution in [3.63, 3.8) is 0 Å². The largest absolute Gasteiger partial charge is 0.309 e. The minimum absolute atomic E-state index is 0.314. The first kappa shape index (κ1) is 14.9. The van der Waals surface area contributed by atoms with Crippen LogP contribution in [0.25, 0.3) is 0 Å². The highest BCUT2D eigenvalue weighted by Crippen LogP contribution is 2.23. The predicted octanol–water partition coefficient (Wildman–Crippen LogP) is 2.72. The number of nitrogens with one attached hydrogen (secondary N) is 1. The molecule has 2 heterocycles. The Kier molecular flexibility index (Phi) is 4.45. The summed E-state index contributed by atoms with van der Waals surface area (Å²) in [5, 5.41) is 11.6. The third kappa shape index (κ3) is 3.33. The smallest absolute Gasteiger partial charge is 0.250 e. The van der Waals surface area contributed by atoms with Crippen molar-refractivity contribution in [3.8, 4) is 6.07 Å². The van der Waals surface area contributed by atoms with Crippen molar-refractivity contribution >= 4 is 28.8 Å². The number of nitrogens with zero attached hydrogens (tertiary/aromatic N) is 2. The summed E-state index contributed by atoms with van der Waals surface area (Å²) in [4.78, 5) is 29.7. The number of hydrogen-bond acceptors (Lipinski definition) is 5. The van der Waals surface area contributed by atoms with Crippen molar-refractivity contribution in [2.45, 2.75) is 13.8 Å². The second-order valence-electron chi connectivity index (χ2n) is 4.48. The number of carbonyl (C=O) groups is 2. The lowest BCUT2D eigenvalue weighted by atomic mass is 10.0. The van der Waals surface area contributed by atoms with Gasteiger partial charge in [0.25, 0.3) is 5.91 Å². The number of carbonyl (C=O) groups excluding carboxylic acids is 2. The van der Waals surface area contributed by atoms with Gasteiger partial charge in [0.15, 0.2) is 11.7 Å². The van der Waals surface area contributed by atoms with Crippen LogP contribution < -0.4 is 5.32 Å². The fraction of sp³-hybridized carbons (Fsp3) is 0.200. The monoisotopic (exact) mass is 299 g/mol. The van der Waals surface area contributed by atoms with E-state index in [-0.39, 0.29) is 0 Å². The molecule has 0 saturated carbocycles. The molecule has 0 aliphatic heterocycles. The first-order valence-electron chi connectivity index (χ1n) is 6.25. The number of nitriles is 1. The Bertz CT molecular complexity index is 697. The van der Waals surface area contributed by atoms with Crippen LogP contribution in [0.2, 0.25) is 0 Å². The van der Waals surface area contributed by atoms with Crippen LogP contribution in [0.5, 0.6) is 0 Å². The van der Waals surface area contributed by atoms with Crippen LogP contribution in [0.3, 0.4) is 0 Å². The molecule has 2 rings (SSSR count). The molecule has 2 aromatic heterocycles. The maximum absolute atomic E-state index is 12.3. The topological polar surface area (TPSA) is 82.8 Å². The van der Waals surface area contributed by atoms with E-state index in [1.165, 1.54) is 17.5 Å². The van der Waals surface area contributed by atoms with Gasteiger partial charge in [0, 0.05) is 11.1 Å². The number of aromatic nitrogens is 1. The normalized spacial score (nSPS) is 11.5. The Morgan fingerprint density at radius 2 is 2.14 bits per heavy atom. The Morgan fingerprint density at radius 3 is 2.67 bits per heavy atom. The van der Waals surface area contributed by atoms with Crippen molar-refractivity contribution in [2.24, 2.45) is 5.92 Å². The number of thiophene rings is 1. The molecule has 0 bridgehead atoms. The van der Waals surface area contributed by atoms with E-state index in [9.17, 15) is 9.59 Å². The zero-order chi connectivity index (χ0) is 15.4. The predicted molar refractivity (Wildman–Crippen MR) is 80.1 cm³/mol. The highest BCUT2D eigenvalue weighted by atomic mass is 32.1. The molecule has 0 radical (unpaired) electrons. The Hall–Kier alpha value is -2.52.